The molecule has 7 nitrogen and oxygen atoms in total. The van der Waals surface area contributed by atoms with Crippen molar-refractivity contribution in [2.75, 3.05) is 7.11 Å². The lowest BCUT2D eigenvalue weighted by atomic mass is 10.1. The lowest BCUT2D eigenvalue weighted by Gasteiger charge is -2.22. The average molecular weight is 351 g/mol. The Morgan fingerprint density at radius 2 is 1.64 bits per heavy atom. The molecule has 0 aliphatic rings. The second-order valence-electron chi connectivity index (χ2n) is 6.47. The van der Waals surface area contributed by atoms with Gasteiger partial charge in [-0.15, -0.1) is 0 Å². The summed E-state index contributed by atoms with van der Waals surface area (Å²) in [6.45, 7) is 5.30. The second kappa shape index (κ2) is 9.66. The molecule has 0 saturated carbocycles. The van der Waals surface area contributed by atoms with E-state index in [1.807, 2.05) is 30.3 Å². The maximum absolute atomic E-state index is 11.9. The van der Waals surface area contributed by atoms with E-state index in [0.717, 1.165) is 5.56 Å². The van der Waals surface area contributed by atoms with Crippen LogP contribution in [-0.2, 0) is 30.4 Å². The summed E-state index contributed by atoms with van der Waals surface area (Å²) in [5.74, 6) is -1.07. The Balaban J connectivity index is 2.58. The van der Waals surface area contributed by atoms with Crippen molar-refractivity contribution in [3.63, 3.8) is 0 Å². The fraction of sp³-hybridized carbons (Fsp3) is 0.500. The molecule has 0 radical (unpaired) electrons. The summed E-state index contributed by atoms with van der Waals surface area (Å²) in [6.07, 6.45) is -1.04. The zero-order valence-electron chi connectivity index (χ0n) is 15.0. The highest BCUT2D eigenvalue weighted by atomic mass is 16.6. The first kappa shape index (κ1) is 20.5. The molecule has 0 saturated heterocycles. The van der Waals surface area contributed by atoms with E-state index in [2.05, 4.69) is 10.1 Å². The summed E-state index contributed by atoms with van der Waals surface area (Å²) in [4.78, 5) is 35.3. The molecule has 1 amide bonds. The highest BCUT2D eigenvalue weighted by Crippen LogP contribution is 2.11. The molecule has 0 spiro atoms. The molecule has 0 bridgehead atoms. The molecule has 1 atom stereocenters. The summed E-state index contributed by atoms with van der Waals surface area (Å²) in [5, 5.41) is 2.51. The summed E-state index contributed by atoms with van der Waals surface area (Å²) in [5.41, 5.74) is 0.176. The van der Waals surface area contributed by atoms with Crippen LogP contribution in [0.4, 0.5) is 4.79 Å². The maximum atomic E-state index is 11.9. The lowest BCUT2D eigenvalue weighted by molar-refractivity contribution is -0.155. The van der Waals surface area contributed by atoms with Crippen LogP contribution >= 0.6 is 0 Å². The normalized spacial score (nSPS) is 12.0. The number of carbonyl (C=O) groups excluding carboxylic acids is 3. The van der Waals surface area contributed by atoms with E-state index in [9.17, 15) is 14.4 Å². The number of ether oxygens (including phenoxy) is 3. The molecule has 0 heterocycles. The van der Waals surface area contributed by atoms with Gasteiger partial charge in [0.25, 0.3) is 0 Å². The zero-order valence-corrected chi connectivity index (χ0v) is 15.0. The van der Waals surface area contributed by atoms with Crippen LogP contribution in [0.15, 0.2) is 30.3 Å². The average Bonchev–Trinajstić information content (AvgIpc) is 2.51. The first-order valence-electron chi connectivity index (χ1n) is 7.95. The summed E-state index contributed by atoms with van der Waals surface area (Å²) >= 11 is 0. The van der Waals surface area contributed by atoms with Crippen molar-refractivity contribution in [3.05, 3.63) is 35.9 Å². The number of carbonyl (C=O) groups is 3. The summed E-state index contributed by atoms with van der Waals surface area (Å²) < 4.78 is 14.9. The molecule has 1 aromatic rings. The van der Waals surface area contributed by atoms with Gasteiger partial charge >= 0.3 is 18.0 Å². The predicted molar refractivity (Wildman–Crippen MR) is 90.6 cm³/mol. The molecule has 1 N–H and O–H groups in total. The van der Waals surface area contributed by atoms with Gasteiger partial charge in [-0.25, -0.2) is 4.79 Å². The van der Waals surface area contributed by atoms with Crippen molar-refractivity contribution in [2.45, 2.75) is 51.9 Å². The van der Waals surface area contributed by atoms with Gasteiger partial charge in [0.05, 0.1) is 26.0 Å². The van der Waals surface area contributed by atoms with Gasteiger partial charge in [0.2, 0.25) is 0 Å². The number of benzene rings is 1. The molecule has 1 aromatic carbocycles. The first-order valence-corrected chi connectivity index (χ1v) is 7.95. The Morgan fingerprint density at radius 1 is 1.04 bits per heavy atom. The predicted octanol–water partition coefficient (Wildman–Crippen LogP) is 2.58. The molecule has 0 unspecified atom stereocenters. The van der Waals surface area contributed by atoms with E-state index >= 15 is 0 Å². The summed E-state index contributed by atoms with van der Waals surface area (Å²) in [6, 6.07) is 8.39. The van der Waals surface area contributed by atoms with Gasteiger partial charge in [-0.1, -0.05) is 30.3 Å². The van der Waals surface area contributed by atoms with Crippen LogP contribution in [0.1, 0.15) is 39.2 Å². The van der Waals surface area contributed by atoms with Crippen LogP contribution in [0.5, 0.6) is 0 Å². The molecule has 1 rings (SSSR count). The Hall–Kier alpha value is -2.57. The maximum Gasteiger partial charge on any atom is 0.407 e. The minimum atomic E-state index is -0.773. The van der Waals surface area contributed by atoms with Crippen molar-refractivity contribution in [3.8, 4) is 0 Å². The Kier molecular flexibility index (Phi) is 7.91. The van der Waals surface area contributed by atoms with Crippen LogP contribution in [0.2, 0.25) is 0 Å². The van der Waals surface area contributed by atoms with E-state index in [-0.39, 0.29) is 19.4 Å². The van der Waals surface area contributed by atoms with Crippen molar-refractivity contribution in [1.29, 1.82) is 0 Å². The van der Waals surface area contributed by atoms with Crippen molar-refractivity contribution >= 4 is 18.0 Å². The molecule has 7 heteroatoms. The second-order valence-corrected chi connectivity index (χ2v) is 6.47. The van der Waals surface area contributed by atoms with Crippen LogP contribution in [0.25, 0.3) is 0 Å². The Labute approximate surface area is 147 Å². The number of nitrogens with one attached hydrogen (secondary N) is 1. The third-order valence-electron chi connectivity index (χ3n) is 3.01. The Morgan fingerprint density at radius 3 is 2.20 bits per heavy atom. The van der Waals surface area contributed by atoms with E-state index in [1.54, 1.807) is 20.8 Å². The fourth-order valence-electron chi connectivity index (χ4n) is 1.97. The molecule has 0 aliphatic heterocycles. The molecular weight excluding hydrogens is 326 g/mol. The van der Waals surface area contributed by atoms with Gasteiger partial charge in [0.1, 0.15) is 12.2 Å². The minimum Gasteiger partial charge on any atom is -0.469 e. The number of alkyl carbamates (subject to hydrolysis) is 1. The number of esters is 2. The van der Waals surface area contributed by atoms with Crippen molar-refractivity contribution in [2.24, 2.45) is 0 Å². The SMILES string of the molecule is COC(=O)C[C@H](CC(=O)OC(C)(C)C)NC(=O)OCc1ccccc1. The van der Waals surface area contributed by atoms with Gasteiger partial charge in [-0.05, 0) is 26.3 Å². The molecule has 0 fully saturated rings. The molecule has 25 heavy (non-hydrogen) atoms. The number of hydrogen-bond donors (Lipinski definition) is 1. The van der Waals surface area contributed by atoms with Gasteiger partial charge in [0, 0.05) is 0 Å². The van der Waals surface area contributed by atoms with Crippen LogP contribution in [0.3, 0.4) is 0 Å². The third kappa shape index (κ3) is 9.34. The highest BCUT2D eigenvalue weighted by Gasteiger charge is 2.24. The minimum absolute atomic E-state index is 0.0874. The standard InChI is InChI=1S/C18H25NO6/c1-18(2,3)25-16(21)11-14(10-15(20)23-4)19-17(22)24-12-13-8-6-5-7-9-13/h5-9,14H,10-12H2,1-4H3,(H,19,22)/t14-/m1/s1. The van der Waals surface area contributed by atoms with Crippen molar-refractivity contribution in [1.82, 2.24) is 5.32 Å². The molecule has 0 aromatic heterocycles. The fourth-order valence-corrected chi connectivity index (χ4v) is 1.97. The Bertz CT molecular complexity index is 579. The van der Waals surface area contributed by atoms with E-state index < -0.39 is 29.7 Å². The lowest BCUT2D eigenvalue weighted by Crippen LogP contribution is -2.39. The molecular formula is C18H25NO6. The largest absolute Gasteiger partial charge is 0.469 e. The highest BCUT2D eigenvalue weighted by molar-refractivity contribution is 5.76. The smallest absolute Gasteiger partial charge is 0.407 e. The third-order valence-corrected chi connectivity index (χ3v) is 3.01. The van der Waals surface area contributed by atoms with Crippen LogP contribution in [-0.4, -0.2) is 36.8 Å². The first-order chi connectivity index (χ1) is 11.7. The number of methoxy groups -OCH3 is 1. The molecule has 138 valence electrons. The number of rotatable bonds is 7. The van der Waals surface area contributed by atoms with Crippen molar-refractivity contribution < 1.29 is 28.6 Å². The topological polar surface area (TPSA) is 90.9 Å². The number of amides is 1. The quantitative estimate of drug-likeness (QED) is 0.600. The number of hydrogen-bond acceptors (Lipinski definition) is 6. The van der Waals surface area contributed by atoms with Gasteiger partial charge in [0.15, 0.2) is 0 Å². The van der Waals surface area contributed by atoms with E-state index in [4.69, 9.17) is 9.47 Å². The van der Waals surface area contributed by atoms with Gasteiger partial charge < -0.3 is 19.5 Å². The summed E-state index contributed by atoms with van der Waals surface area (Å²) in [7, 11) is 1.24. The van der Waals surface area contributed by atoms with E-state index in [1.165, 1.54) is 7.11 Å². The van der Waals surface area contributed by atoms with Crippen LogP contribution < -0.4 is 5.32 Å². The van der Waals surface area contributed by atoms with Gasteiger partial charge in [-0.3, -0.25) is 9.59 Å². The van der Waals surface area contributed by atoms with E-state index in [0.29, 0.717) is 0 Å². The zero-order chi connectivity index (χ0) is 18.9. The van der Waals surface area contributed by atoms with Gasteiger partial charge in [-0.2, -0.15) is 0 Å². The van der Waals surface area contributed by atoms with Crippen LogP contribution in [0, 0.1) is 0 Å². The monoisotopic (exact) mass is 351 g/mol. The molecule has 0 aliphatic carbocycles.